The lowest BCUT2D eigenvalue weighted by atomic mass is 10.1. The molecule has 110 valence electrons. The third-order valence-electron chi connectivity index (χ3n) is 2.60. The van der Waals surface area contributed by atoms with E-state index in [1.807, 2.05) is 0 Å². The Morgan fingerprint density at radius 1 is 1.38 bits per heavy atom. The molecule has 0 saturated carbocycles. The van der Waals surface area contributed by atoms with Crippen molar-refractivity contribution < 1.29 is 19.0 Å². The normalized spacial score (nSPS) is 10.5. The fourth-order valence-corrected chi connectivity index (χ4v) is 2.03. The Morgan fingerprint density at radius 2 is 2.05 bits per heavy atom. The summed E-state index contributed by atoms with van der Waals surface area (Å²) >= 11 is 11.6. The highest BCUT2D eigenvalue weighted by Crippen LogP contribution is 2.35. The molecule has 0 unspecified atom stereocenters. The van der Waals surface area contributed by atoms with Gasteiger partial charge < -0.3 is 15.6 Å². The first kappa shape index (κ1) is 15.3. The molecule has 0 fully saturated rings. The molecule has 9 heteroatoms. The molecule has 0 spiro atoms. The maximum Gasteiger partial charge on any atom is 0.356 e. The van der Waals surface area contributed by atoms with E-state index in [0.29, 0.717) is 0 Å². The second-order valence-electron chi connectivity index (χ2n) is 3.85. The van der Waals surface area contributed by atoms with Crippen molar-refractivity contribution in [2.75, 3.05) is 12.8 Å². The molecule has 2 aromatic heterocycles. The third kappa shape index (κ3) is 2.70. The fraction of sp³-hybridized carbons (Fsp3) is 0.0833. The predicted molar refractivity (Wildman–Crippen MR) is 75.4 cm³/mol. The highest BCUT2D eigenvalue weighted by atomic mass is 35.5. The monoisotopic (exact) mass is 331 g/mol. The van der Waals surface area contributed by atoms with Gasteiger partial charge in [0.1, 0.15) is 10.8 Å². The van der Waals surface area contributed by atoms with Gasteiger partial charge in [0.05, 0.1) is 17.8 Å². The van der Waals surface area contributed by atoms with Crippen molar-refractivity contribution in [1.29, 1.82) is 0 Å². The molecule has 2 aromatic rings. The molecule has 0 aliphatic rings. The van der Waals surface area contributed by atoms with Gasteiger partial charge in [-0.3, -0.25) is 0 Å². The molecule has 0 aliphatic carbocycles. The summed E-state index contributed by atoms with van der Waals surface area (Å²) in [7, 11) is 1.39. The third-order valence-corrected chi connectivity index (χ3v) is 3.27. The van der Waals surface area contributed by atoms with E-state index in [-0.39, 0.29) is 22.3 Å². The number of methoxy groups -OCH3 is 1. The Labute approximate surface area is 128 Å². The molecule has 2 rings (SSSR count). The van der Waals surface area contributed by atoms with E-state index in [2.05, 4.69) is 9.97 Å². The lowest BCUT2D eigenvalue weighted by molar-refractivity contribution is 0.0691. The van der Waals surface area contributed by atoms with E-state index < -0.39 is 28.2 Å². The van der Waals surface area contributed by atoms with Crippen LogP contribution >= 0.6 is 23.2 Å². The van der Waals surface area contributed by atoms with Gasteiger partial charge in [0.25, 0.3) is 0 Å². The van der Waals surface area contributed by atoms with Crippen LogP contribution in [0.25, 0.3) is 11.3 Å². The molecular weight excluding hydrogens is 324 g/mol. The van der Waals surface area contributed by atoms with Crippen LogP contribution in [0.2, 0.25) is 10.2 Å². The van der Waals surface area contributed by atoms with E-state index in [1.165, 1.54) is 19.2 Å². The van der Waals surface area contributed by atoms with Gasteiger partial charge in [-0.05, 0) is 6.07 Å². The SMILES string of the molecule is COc1ccc(-c2nc(C(=O)O)c(Cl)c(N)c2F)c(Cl)n1. The number of hydrogen-bond acceptors (Lipinski definition) is 5. The molecule has 0 atom stereocenters. The first-order valence-corrected chi connectivity index (χ1v) is 6.21. The highest BCUT2D eigenvalue weighted by Gasteiger charge is 2.23. The summed E-state index contributed by atoms with van der Waals surface area (Å²) in [6, 6.07) is 2.81. The average Bonchev–Trinajstić information content (AvgIpc) is 2.45. The summed E-state index contributed by atoms with van der Waals surface area (Å²) in [6.07, 6.45) is 0. The average molecular weight is 332 g/mol. The van der Waals surface area contributed by atoms with E-state index in [0.717, 1.165) is 0 Å². The number of anilines is 1. The lowest BCUT2D eigenvalue weighted by Gasteiger charge is -2.10. The van der Waals surface area contributed by atoms with Gasteiger partial charge in [-0.1, -0.05) is 23.2 Å². The van der Waals surface area contributed by atoms with Crippen molar-refractivity contribution in [1.82, 2.24) is 9.97 Å². The van der Waals surface area contributed by atoms with Crippen molar-refractivity contribution in [3.63, 3.8) is 0 Å². The van der Waals surface area contributed by atoms with Crippen LogP contribution in [0.3, 0.4) is 0 Å². The summed E-state index contributed by atoms with van der Waals surface area (Å²) in [5.41, 5.74) is 4.09. The number of carboxylic acids is 1. The topological polar surface area (TPSA) is 98.3 Å². The van der Waals surface area contributed by atoms with Crippen LogP contribution < -0.4 is 10.5 Å². The predicted octanol–water partition coefficient (Wildman–Crippen LogP) is 2.88. The van der Waals surface area contributed by atoms with E-state index >= 15 is 0 Å². The maximum atomic E-state index is 14.2. The zero-order chi connectivity index (χ0) is 15.7. The van der Waals surface area contributed by atoms with Crippen LogP contribution in [0.1, 0.15) is 10.5 Å². The van der Waals surface area contributed by atoms with Gasteiger partial charge >= 0.3 is 5.97 Å². The number of hydrogen-bond donors (Lipinski definition) is 2. The Hall–Kier alpha value is -2.12. The second-order valence-corrected chi connectivity index (χ2v) is 4.58. The van der Waals surface area contributed by atoms with Crippen molar-refractivity contribution in [3.05, 3.63) is 33.8 Å². The van der Waals surface area contributed by atoms with Crippen LogP contribution in [0.5, 0.6) is 5.88 Å². The first-order chi connectivity index (χ1) is 9.86. The Morgan fingerprint density at radius 3 is 2.57 bits per heavy atom. The van der Waals surface area contributed by atoms with Crippen LogP contribution in [0.15, 0.2) is 12.1 Å². The van der Waals surface area contributed by atoms with E-state index in [9.17, 15) is 9.18 Å². The first-order valence-electron chi connectivity index (χ1n) is 5.45. The number of nitrogens with two attached hydrogens (primary N) is 1. The molecule has 21 heavy (non-hydrogen) atoms. The number of pyridine rings is 2. The van der Waals surface area contributed by atoms with Gasteiger partial charge in [0.2, 0.25) is 5.88 Å². The van der Waals surface area contributed by atoms with Crippen LogP contribution in [-0.4, -0.2) is 28.2 Å². The highest BCUT2D eigenvalue weighted by molar-refractivity contribution is 6.36. The molecule has 2 heterocycles. The standard InChI is InChI=1S/C12H8Cl2FN3O3/c1-21-5-3-2-4(11(14)17-5)9-7(15)8(16)6(13)10(18-9)12(19)20/h2-3H,1H3,(H2,16,18)(H,19,20). The van der Waals surface area contributed by atoms with Gasteiger partial charge in [-0.15, -0.1) is 0 Å². The van der Waals surface area contributed by atoms with Crippen molar-refractivity contribution in [3.8, 4) is 17.1 Å². The molecule has 0 saturated heterocycles. The Balaban J connectivity index is 2.72. The summed E-state index contributed by atoms with van der Waals surface area (Å²) in [4.78, 5) is 18.6. The molecule has 0 radical (unpaired) electrons. The smallest absolute Gasteiger partial charge is 0.356 e. The van der Waals surface area contributed by atoms with Crippen molar-refractivity contribution in [2.45, 2.75) is 0 Å². The number of halogens is 3. The summed E-state index contributed by atoms with van der Waals surface area (Å²) in [5, 5.41) is 8.43. The van der Waals surface area contributed by atoms with Gasteiger partial charge in [-0.25, -0.2) is 19.2 Å². The summed E-state index contributed by atoms with van der Waals surface area (Å²) < 4.78 is 19.0. The Kier molecular flexibility index (Phi) is 4.15. The zero-order valence-corrected chi connectivity index (χ0v) is 12.0. The molecule has 6 nitrogen and oxygen atoms in total. The lowest BCUT2D eigenvalue weighted by Crippen LogP contribution is -2.08. The van der Waals surface area contributed by atoms with Crippen LogP contribution in [0, 0.1) is 5.82 Å². The minimum absolute atomic E-state index is 0.0702. The second kappa shape index (κ2) is 5.71. The van der Waals surface area contributed by atoms with E-state index in [1.54, 1.807) is 0 Å². The van der Waals surface area contributed by atoms with Crippen molar-refractivity contribution >= 4 is 34.9 Å². The number of nitrogen functional groups attached to an aromatic ring is 1. The summed E-state index contributed by atoms with van der Waals surface area (Å²) in [6.45, 7) is 0. The molecule has 0 aromatic carbocycles. The number of carbonyl (C=O) groups is 1. The van der Waals surface area contributed by atoms with E-state index in [4.69, 9.17) is 38.8 Å². The molecule has 3 N–H and O–H groups in total. The fourth-order valence-electron chi connectivity index (χ4n) is 1.59. The number of nitrogens with zero attached hydrogens (tertiary/aromatic N) is 2. The number of rotatable bonds is 3. The number of carboxylic acid groups (broad SMARTS) is 1. The number of ether oxygens (including phenoxy) is 1. The van der Waals surface area contributed by atoms with Gasteiger partial charge in [-0.2, -0.15) is 0 Å². The molecule has 0 bridgehead atoms. The van der Waals surface area contributed by atoms with Crippen LogP contribution in [-0.2, 0) is 0 Å². The minimum atomic E-state index is -1.44. The molecular formula is C12H8Cl2FN3O3. The Bertz CT molecular complexity index is 740. The zero-order valence-electron chi connectivity index (χ0n) is 10.5. The minimum Gasteiger partial charge on any atom is -0.481 e. The van der Waals surface area contributed by atoms with Gasteiger partial charge in [0, 0.05) is 11.6 Å². The largest absolute Gasteiger partial charge is 0.481 e. The summed E-state index contributed by atoms with van der Waals surface area (Å²) in [5.74, 6) is -2.20. The molecule has 0 aliphatic heterocycles. The number of aromatic nitrogens is 2. The number of aromatic carboxylic acids is 1. The quantitative estimate of drug-likeness (QED) is 0.839. The molecule has 0 amide bonds. The van der Waals surface area contributed by atoms with Crippen LogP contribution in [0.4, 0.5) is 10.1 Å². The van der Waals surface area contributed by atoms with Gasteiger partial charge in [0.15, 0.2) is 11.5 Å². The van der Waals surface area contributed by atoms with Crippen molar-refractivity contribution in [2.24, 2.45) is 0 Å². The maximum absolute atomic E-state index is 14.2.